The number of benzene rings is 1. The van der Waals surface area contributed by atoms with Crippen LogP contribution in [0.3, 0.4) is 0 Å². The molecule has 1 aromatic rings. The number of hydrogen-bond donors (Lipinski definition) is 0. The molecule has 0 saturated heterocycles. The highest BCUT2D eigenvalue weighted by molar-refractivity contribution is 5.95. The van der Waals surface area contributed by atoms with E-state index in [9.17, 15) is 4.79 Å². The third-order valence-corrected chi connectivity index (χ3v) is 2.03. The van der Waals surface area contributed by atoms with Gasteiger partial charge in [-0.25, -0.2) is 4.79 Å². The van der Waals surface area contributed by atoms with Crippen molar-refractivity contribution in [1.82, 2.24) is 4.48 Å². The SMILES string of the molecule is COC(=O)c1ccccc1[N+](C)(C)C. The van der Waals surface area contributed by atoms with Crippen LogP contribution in [0.1, 0.15) is 10.4 Å². The number of hydrogen-bond acceptors (Lipinski definition) is 2. The maximum atomic E-state index is 11.4. The van der Waals surface area contributed by atoms with Crippen molar-refractivity contribution < 1.29 is 9.53 Å². The predicted molar refractivity (Wildman–Crippen MR) is 57.3 cm³/mol. The smallest absolute Gasteiger partial charge is 0.343 e. The zero-order valence-electron chi connectivity index (χ0n) is 9.07. The molecule has 1 rings (SSSR count). The summed E-state index contributed by atoms with van der Waals surface area (Å²) in [4.78, 5) is 11.4. The maximum Gasteiger partial charge on any atom is 0.343 e. The molecule has 76 valence electrons. The van der Waals surface area contributed by atoms with Crippen LogP contribution in [0.4, 0.5) is 5.69 Å². The summed E-state index contributed by atoms with van der Waals surface area (Å²) >= 11 is 0. The first-order chi connectivity index (χ1) is 6.46. The molecule has 0 aliphatic rings. The number of ether oxygens (including phenoxy) is 1. The third kappa shape index (κ3) is 2.12. The van der Waals surface area contributed by atoms with Crippen LogP contribution in [-0.4, -0.2) is 34.2 Å². The molecule has 0 bridgehead atoms. The minimum Gasteiger partial charge on any atom is -0.465 e. The van der Waals surface area contributed by atoms with E-state index in [4.69, 9.17) is 4.74 Å². The highest BCUT2D eigenvalue weighted by Gasteiger charge is 2.21. The second-order valence-electron chi connectivity index (χ2n) is 4.02. The number of para-hydroxylation sites is 1. The minimum absolute atomic E-state index is 0.284. The van der Waals surface area contributed by atoms with Crippen LogP contribution in [0.15, 0.2) is 24.3 Å². The van der Waals surface area contributed by atoms with Gasteiger partial charge in [-0.05, 0) is 6.07 Å². The Morgan fingerprint density at radius 1 is 1.21 bits per heavy atom. The third-order valence-electron chi connectivity index (χ3n) is 2.03. The van der Waals surface area contributed by atoms with Crippen LogP contribution in [-0.2, 0) is 4.74 Å². The molecule has 14 heavy (non-hydrogen) atoms. The standard InChI is InChI=1S/C11H16NO2/c1-12(2,3)10-8-6-5-7-9(10)11(13)14-4/h5-8H,1-4H3/q+1. The van der Waals surface area contributed by atoms with E-state index < -0.39 is 0 Å². The molecule has 3 nitrogen and oxygen atoms in total. The van der Waals surface area contributed by atoms with E-state index in [1.165, 1.54) is 7.11 Å². The Hall–Kier alpha value is -1.35. The van der Waals surface area contributed by atoms with Crippen molar-refractivity contribution in [3.05, 3.63) is 29.8 Å². The lowest BCUT2D eigenvalue weighted by atomic mass is 10.1. The number of nitrogens with zero attached hydrogens (tertiary/aromatic N) is 1. The largest absolute Gasteiger partial charge is 0.465 e. The van der Waals surface area contributed by atoms with Gasteiger partial charge in [-0.3, -0.25) is 4.48 Å². The van der Waals surface area contributed by atoms with E-state index in [-0.39, 0.29) is 5.97 Å². The van der Waals surface area contributed by atoms with Crippen LogP contribution >= 0.6 is 0 Å². The second kappa shape index (κ2) is 3.80. The number of esters is 1. The Labute approximate surface area is 84.5 Å². The van der Waals surface area contributed by atoms with Crippen LogP contribution in [0.5, 0.6) is 0 Å². The maximum absolute atomic E-state index is 11.4. The molecule has 0 fully saturated rings. The lowest BCUT2D eigenvalue weighted by Gasteiger charge is -2.25. The highest BCUT2D eigenvalue weighted by Crippen LogP contribution is 2.22. The lowest BCUT2D eigenvalue weighted by Crippen LogP contribution is -2.36. The molecule has 0 atom stereocenters. The highest BCUT2D eigenvalue weighted by atomic mass is 16.5. The second-order valence-corrected chi connectivity index (χ2v) is 4.02. The average molecular weight is 194 g/mol. The Bertz CT molecular complexity index is 339. The molecule has 1 aromatic carbocycles. The summed E-state index contributed by atoms with van der Waals surface area (Å²) in [5.74, 6) is -0.284. The van der Waals surface area contributed by atoms with E-state index in [1.807, 2.05) is 39.3 Å². The Balaban J connectivity index is 3.23. The van der Waals surface area contributed by atoms with E-state index in [2.05, 4.69) is 0 Å². The monoisotopic (exact) mass is 194 g/mol. The molecular formula is C11H16NO2+. The van der Waals surface area contributed by atoms with Crippen molar-refractivity contribution in [2.24, 2.45) is 0 Å². The first-order valence-corrected chi connectivity index (χ1v) is 4.46. The van der Waals surface area contributed by atoms with Gasteiger partial charge in [-0.1, -0.05) is 12.1 Å². The van der Waals surface area contributed by atoms with Crippen molar-refractivity contribution in [1.29, 1.82) is 0 Å². The first kappa shape index (κ1) is 10.7. The van der Waals surface area contributed by atoms with Crippen molar-refractivity contribution in [2.45, 2.75) is 0 Å². The van der Waals surface area contributed by atoms with Gasteiger partial charge in [-0.15, -0.1) is 0 Å². The normalized spacial score (nSPS) is 11.1. The van der Waals surface area contributed by atoms with Gasteiger partial charge in [-0.2, -0.15) is 0 Å². The Morgan fingerprint density at radius 2 is 1.79 bits per heavy atom. The quantitative estimate of drug-likeness (QED) is 0.529. The zero-order chi connectivity index (χ0) is 10.8. The summed E-state index contributed by atoms with van der Waals surface area (Å²) < 4.78 is 5.33. The van der Waals surface area contributed by atoms with Gasteiger partial charge in [0.25, 0.3) is 0 Å². The summed E-state index contributed by atoms with van der Waals surface area (Å²) in [5.41, 5.74) is 1.59. The fraction of sp³-hybridized carbons (Fsp3) is 0.364. The van der Waals surface area contributed by atoms with Crippen molar-refractivity contribution >= 4 is 11.7 Å². The Kier molecular flexibility index (Phi) is 2.91. The molecule has 0 amide bonds. The summed E-state index contributed by atoms with van der Waals surface area (Å²) in [6, 6.07) is 7.48. The zero-order valence-corrected chi connectivity index (χ0v) is 9.07. The topological polar surface area (TPSA) is 26.3 Å². The molecule has 0 unspecified atom stereocenters. The number of carbonyl (C=O) groups is 1. The molecule has 3 heteroatoms. The van der Waals surface area contributed by atoms with Gasteiger partial charge >= 0.3 is 5.97 Å². The first-order valence-electron chi connectivity index (χ1n) is 4.46. The van der Waals surface area contributed by atoms with Crippen LogP contribution < -0.4 is 4.48 Å². The number of rotatable bonds is 2. The predicted octanol–water partition coefficient (Wildman–Crippen LogP) is 1.67. The molecular weight excluding hydrogens is 178 g/mol. The molecule has 0 aliphatic carbocycles. The molecule has 0 aromatic heterocycles. The fourth-order valence-corrected chi connectivity index (χ4v) is 1.34. The molecule has 0 N–H and O–H groups in total. The fourth-order valence-electron chi connectivity index (χ4n) is 1.34. The van der Waals surface area contributed by atoms with Crippen LogP contribution in [0.25, 0.3) is 0 Å². The molecule has 0 heterocycles. The van der Waals surface area contributed by atoms with Gasteiger partial charge in [0, 0.05) is 6.07 Å². The van der Waals surface area contributed by atoms with Crippen molar-refractivity contribution in [3.8, 4) is 0 Å². The average Bonchev–Trinajstić information content (AvgIpc) is 2.15. The summed E-state index contributed by atoms with van der Waals surface area (Å²) in [7, 11) is 7.44. The Morgan fingerprint density at radius 3 is 2.29 bits per heavy atom. The van der Waals surface area contributed by atoms with E-state index >= 15 is 0 Å². The van der Waals surface area contributed by atoms with Crippen molar-refractivity contribution in [3.63, 3.8) is 0 Å². The molecule has 0 radical (unpaired) electrons. The van der Waals surface area contributed by atoms with Gasteiger partial charge in [0.05, 0.1) is 28.3 Å². The summed E-state index contributed by atoms with van der Waals surface area (Å²) in [5, 5.41) is 0. The van der Waals surface area contributed by atoms with Gasteiger partial charge in [0.15, 0.2) is 0 Å². The molecule has 0 spiro atoms. The number of methoxy groups -OCH3 is 1. The lowest BCUT2D eigenvalue weighted by molar-refractivity contribution is 0.0599. The van der Waals surface area contributed by atoms with Crippen LogP contribution in [0, 0.1) is 0 Å². The number of carbonyl (C=O) groups excluding carboxylic acids is 1. The van der Waals surface area contributed by atoms with E-state index in [1.54, 1.807) is 6.07 Å². The minimum atomic E-state index is -0.284. The van der Waals surface area contributed by atoms with Gasteiger partial charge in [0.1, 0.15) is 11.3 Å². The number of quaternary nitrogens is 1. The molecule has 0 aliphatic heterocycles. The molecule has 0 saturated carbocycles. The summed E-state index contributed by atoms with van der Waals surface area (Å²) in [6.45, 7) is 0. The van der Waals surface area contributed by atoms with Gasteiger partial charge < -0.3 is 4.74 Å². The van der Waals surface area contributed by atoms with Crippen molar-refractivity contribution in [2.75, 3.05) is 28.3 Å². The van der Waals surface area contributed by atoms with Gasteiger partial charge in [0.2, 0.25) is 0 Å². The van der Waals surface area contributed by atoms with Crippen LogP contribution in [0.2, 0.25) is 0 Å². The summed E-state index contributed by atoms with van der Waals surface area (Å²) in [6.07, 6.45) is 0. The van der Waals surface area contributed by atoms with E-state index in [0.29, 0.717) is 10.0 Å². The van der Waals surface area contributed by atoms with E-state index in [0.717, 1.165) is 5.69 Å².